The van der Waals surface area contributed by atoms with Gasteiger partial charge in [0.1, 0.15) is 0 Å². The van der Waals surface area contributed by atoms with Crippen molar-refractivity contribution < 1.29 is 38.5 Å². The Hall–Kier alpha value is -2.89. The van der Waals surface area contributed by atoms with Crippen LogP contribution < -0.4 is 28.0 Å². The minimum absolute atomic E-state index is 0.0271. The number of nitrogens with zero attached hydrogens (tertiary/aromatic N) is 4. The summed E-state index contributed by atoms with van der Waals surface area (Å²) in [6.07, 6.45) is 1.31. The van der Waals surface area contributed by atoms with Crippen LogP contribution in [0.3, 0.4) is 0 Å². The molecular weight excluding hydrogens is 637 g/mol. The Bertz CT molecular complexity index is 1700. The molecule has 0 aromatic heterocycles. The van der Waals surface area contributed by atoms with Gasteiger partial charge < -0.3 is 9.80 Å². The number of hydrogen-bond donors (Lipinski definition) is 4. The van der Waals surface area contributed by atoms with Crippen LogP contribution >= 0.6 is 0 Å². The maximum atomic E-state index is 13.6. The highest BCUT2D eigenvalue weighted by Crippen LogP contribution is 2.30. The molecule has 17 nitrogen and oxygen atoms in total. The van der Waals surface area contributed by atoms with Gasteiger partial charge in [-0.1, -0.05) is 30.3 Å². The molecule has 0 aliphatic carbocycles. The van der Waals surface area contributed by atoms with Gasteiger partial charge >= 0.3 is 40.8 Å². The van der Waals surface area contributed by atoms with Crippen molar-refractivity contribution >= 4 is 58.1 Å². The number of hydrogen-bond acceptors (Lipinski definition) is 10. The van der Waals surface area contributed by atoms with Gasteiger partial charge in [0, 0.05) is 13.6 Å². The number of carbonyl (C=O) groups excluding carboxylic acids is 1. The van der Waals surface area contributed by atoms with E-state index in [0.717, 1.165) is 18.9 Å². The lowest BCUT2D eigenvalue weighted by atomic mass is 10.0. The van der Waals surface area contributed by atoms with Crippen LogP contribution in [-0.4, -0.2) is 76.1 Å². The average molecular weight is 669 g/mol. The highest BCUT2D eigenvalue weighted by Gasteiger charge is 2.33. The second-order valence-electron chi connectivity index (χ2n) is 9.50. The summed E-state index contributed by atoms with van der Waals surface area (Å²) in [6, 6.07) is 9.77. The first kappa shape index (κ1) is 33.6. The Morgan fingerprint density at radius 2 is 1.31 bits per heavy atom. The molecule has 21 heteroatoms. The Kier molecular flexibility index (Phi) is 9.91. The lowest BCUT2D eigenvalue weighted by Gasteiger charge is -2.33. The second kappa shape index (κ2) is 12.4. The summed E-state index contributed by atoms with van der Waals surface area (Å²) in [5, 5.41) is 20.4. The van der Waals surface area contributed by atoms with Gasteiger partial charge in [-0.15, -0.1) is 7.42 Å². The molecule has 0 bridgehead atoms. The molecule has 234 valence electrons. The van der Waals surface area contributed by atoms with Crippen LogP contribution in [0.1, 0.15) is 30.0 Å². The molecule has 42 heavy (non-hydrogen) atoms. The van der Waals surface area contributed by atoms with Crippen LogP contribution in [0.2, 0.25) is 0 Å². The summed E-state index contributed by atoms with van der Waals surface area (Å²) in [7, 11) is -18.1. The molecule has 1 fully saturated rings. The van der Waals surface area contributed by atoms with E-state index in [2.05, 4.69) is 4.90 Å². The van der Waals surface area contributed by atoms with E-state index in [9.17, 15) is 38.5 Å². The lowest BCUT2D eigenvalue weighted by molar-refractivity contribution is -0.131. The normalized spacial score (nSPS) is 15.7. The van der Waals surface area contributed by atoms with E-state index < -0.39 is 64.9 Å². The van der Waals surface area contributed by atoms with Crippen LogP contribution in [0, 0.1) is 0 Å². The average Bonchev–Trinajstić information content (AvgIpc) is 3.33. The van der Waals surface area contributed by atoms with Crippen LogP contribution in [0.15, 0.2) is 48.5 Å². The Labute approximate surface area is 245 Å². The number of rotatable bonds is 12. The van der Waals surface area contributed by atoms with Gasteiger partial charge in [-0.2, -0.15) is 33.7 Å². The van der Waals surface area contributed by atoms with Crippen molar-refractivity contribution in [2.45, 2.75) is 25.3 Å². The SMILES string of the molecule is CN(C(=O)Cc1ccccc1N(S(N)(=O)=O)S(N)(=O)=O)[C@H](CN1CCCC1)c1cccc(N(S(N)(=O)=O)S(N)(=O)=O)c1. The monoisotopic (exact) mass is 668 g/mol. The van der Waals surface area contributed by atoms with Crippen molar-refractivity contribution in [1.29, 1.82) is 0 Å². The smallest absolute Gasteiger partial charge is 0.313 e. The van der Waals surface area contributed by atoms with E-state index in [0.29, 0.717) is 18.7 Å². The highest BCUT2D eigenvalue weighted by atomic mass is 32.3. The van der Waals surface area contributed by atoms with Gasteiger partial charge in [0.25, 0.3) is 0 Å². The Morgan fingerprint density at radius 3 is 1.83 bits per heavy atom. The lowest BCUT2D eigenvalue weighted by Crippen LogP contribution is -2.46. The molecule has 0 saturated carbocycles. The minimum atomic E-state index is -4.90. The number of amides is 1. The fourth-order valence-corrected chi connectivity index (χ4v) is 8.70. The third-order valence-electron chi connectivity index (χ3n) is 6.41. The first-order valence-corrected chi connectivity index (χ1v) is 18.1. The van der Waals surface area contributed by atoms with Crippen molar-refractivity contribution in [2.24, 2.45) is 20.6 Å². The molecule has 8 N–H and O–H groups in total. The fraction of sp³-hybridized carbons (Fsp3) is 0.381. The van der Waals surface area contributed by atoms with Crippen molar-refractivity contribution in [3.8, 4) is 0 Å². The van der Waals surface area contributed by atoms with Crippen LogP contribution in [-0.2, 0) is 52.1 Å². The van der Waals surface area contributed by atoms with Crippen LogP contribution in [0.25, 0.3) is 0 Å². The fourth-order valence-electron chi connectivity index (χ4n) is 4.66. The first-order valence-electron chi connectivity index (χ1n) is 12.1. The maximum absolute atomic E-state index is 13.6. The third kappa shape index (κ3) is 8.14. The maximum Gasteiger partial charge on any atom is 0.313 e. The number of likely N-dealkylation sites (N-methyl/N-ethyl adjacent to an activating group) is 1. The van der Waals surface area contributed by atoms with Crippen LogP contribution in [0.5, 0.6) is 0 Å². The summed E-state index contributed by atoms with van der Waals surface area (Å²) >= 11 is 0. The third-order valence-corrected chi connectivity index (χ3v) is 11.6. The van der Waals surface area contributed by atoms with E-state index in [-0.39, 0.29) is 25.2 Å². The molecule has 1 aliphatic heterocycles. The summed E-state index contributed by atoms with van der Waals surface area (Å²) in [4.78, 5) is 16.9. The summed E-state index contributed by atoms with van der Waals surface area (Å²) < 4.78 is 96.4. The van der Waals surface area contributed by atoms with Gasteiger partial charge in [0.05, 0.1) is 23.8 Å². The van der Waals surface area contributed by atoms with Gasteiger partial charge in [-0.3, -0.25) is 4.79 Å². The molecule has 0 spiro atoms. The molecule has 2 aromatic rings. The molecule has 1 atom stereocenters. The van der Waals surface area contributed by atoms with Crippen molar-refractivity contribution in [1.82, 2.24) is 9.80 Å². The van der Waals surface area contributed by atoms with Gasteiger partial charge in [-0.25, -0.2) is 20.6 Å². The van der Waals surface area contributed by atoms with Crippen molar-refractivity contribution in [2.75, 3.05) is 34.1 Å². The topological polar surface area (TPSA) is 271 Å². The summed E-state index contributed by atoms with van der Waals surface area (Å²) in [6.45, 7) is 1.68. The zero-order chi connectivity index (χ0) is 31.7. The molecular formula is C21H32N8O9S4. The van der Waals surface area contributed by atoms with Crippen molar-refractivity contribution in [3.63, 3.8) is 0 Å². The van der Waals surface area contributed by atoms with E-state index >= 15 is 0 Å². The first-order chi connectivity index (χ1) is 19.2. The van der Waals surface area contributed by atoms with E-state index in [1.165, 1.54) is 48.3 Å². The Morgan fingerprint density at radius 1 is 0.786 bits per heavy atom. The van der Waals surface area contributed by atoms with Crippen LogP contribution in [0.4, 0.5) is 11.4 Å². The zero-order valence-corrected chi connectivity index (χ0v) is 25.6. The van der Waals surface area contributed by atoms with Gasteiger partial charge in [0.2, 0.25) is 5.91 Å². The summed E-state index contributed by atoms with van der Waals surface area (Å²) in [5.74, 6) is -0.601. The van der Waals surface area contributed by atoms with E-state index in [4.69, 9.17) is 20.6 Å². The molecule has 2 aromatic carbocycles. The van der Waals surface area contributed by atoms with Gasteiger partial charge in [-0.05, 0) is 55.3 Å². The zero-order valence-electron chi connectivity index (χ0n) is 22.3. The number of anilines is 2. The number of likely N-dealkylation sites (tertiary alicyclic amines) is 1. The van der Waals surface area contributed by atoms with E-state index in [1.54, 1.807) is 6.07 Å². The standard InChI is InChI=1S/C21H32N8O9S4/c1-26(21(30)14-17-7-2-3-10-19(17)29(41(24,35)36)42(25,37)38)20(15-27-11-4-5-12-27)16-8-6-9-18(13-16)28(39(22,31)32)40(23,33)34/h2-3,6-10,13,20H,4-5,11-12,14-15H2,1H3,(H2,22,31,32)(H2,23,33,34)(H2,24,35,36)(H2,25,37,38)/t20-/m1/s1. The molecule has 1 amide bonds. The molecule has 1 heterocycles. The molecule has 0 radical (unpaired) electrons. The second-order valence-corrected chi connectivity index (χ2v) is 15.5. The molecule has 1 aliphatic rings. The van der Waals surface area contributed by atoms with Crippen molar-refractivity contribution in [3.05, 3.63) is 59.7 Å². The number of nitrogens with two attached hydrogens (primary N) is 4. The quantitative estimate of drug-likeness (QED) is 0.192. The minimum Gasteiger partial charge on any atom is -0.337 e. The van der Waals surface area contributed by atoms with E-state index in [1.807, 2.05) is 0 Å². The number of benzene rings is 2. The molecule has 1 saturated heterocycles. The molecule has 0 unspecified atom stereocenters. The number of carbonyl (C=O) groups is 1. The predicted octanol–water partition coefficient (Wildman–Crippen LogP) is -2.05. The summed E-state index contributed by atoms with van der Waals surface area (Å²) in [5.41, 5.74) is -0.524. The number of para-hydroxylation sites is 1. The highest BCUT2D eigenvalue weighted by molar-refractivity contribution is 8.08. The molecule has 3 rings (SSSR count). The largest absolute Gasteiger partial charge is 0.337 e. The van der Waals surface area contributed by atoms with Gasteiger partial charge in [0.15, 0.2) is 0 Å². The Balaban J connectivity index is 2.05. The predicted molar refractivity (Wildman–Crippen MR) is 155 cm³/mol.